The van der Waals surface area contributed by atoms with E-state index in [2.05, 4.69) is 4.98 Å². The van der Waals surface area contributed by atoms with Gasteiger partial charge in [0.25, 0.3) is 6.01 Å². The van der Waals surface area contributed by atoms with Gasteiger partial charge in [0, 0.05) is 6.54 Å². The largest absolute Gasteiger partial charge is 0.478 e. The van der Waals surface area contributed by atoms with Crippen LogP contribution in [0.4, 0.5) is 6.01 Å². The molecule has 0 radical (unpaired) electrons. The first-order valence-electron chi connectivity index (χ1n) is 6.68. The second-order valence-corrected chi connectivity index (χ2v) is 5.16. The van der Waals surface area contributed by atoms with Gasteiger partial charge in [-0.25, -0.2) is 4.79 Å². The molecule has 1 amide bonds. The molecule has 3 N–H and O–H groups in total. The quantitative estimate of drug-likeness (QED) is 0.881. The third kappa shape index (κ3) is 2.10. The van der Waals surface area contributed by atoms with Crippen molar-refractivity contribution in [3.05, 3.63) is 23.3 Å². The smallest absolute Gasteiger partial charge is 0.338 e. The number of carboxylic acid groups (broad SMARTS) is 1. The Balaban J connectivity index is 2.11. The van der Waals surface area contributed by atoms with Crippen molar-refractivity contribution in [2.45, 2.75) is 25.8 Å². The van der Waals surface area contributed by atoms with Crippen LogP contribution in [0.3, 0.4) is 0 Å². The van der Waals surface area contributed by atoms with Gasteiger partial charge in [-0.05, 0) is 31.4 Å². The van der Waals surface area contributed by atoms with Crippen LogP contribution in [0.2, 0.25) is 0 Å². The van der Waals surface area contributed by atoms with Crippen molar-refractivity contribution in [1.82, 2.24) is 4.98 Å². The minimum atomic E-state index is -1.05. The van der Waals surface area contributed by atoms with Crippen molar-refractivity contribution in [3.63, 3.8) is 0 Å². The summed E-state index contributed by atoms with van der Waals surface area (Å²) in [5.74, 6) is -1.48. The summed E-state index contributed by atoms with van der Waals surface area (Å²) >= 11 is 0. The van der Waals surface area contributed by atoms with Crippen LogP contribution in [-0.4, -0.2) is 34.6 Å². The number of nitrogens with two attached hydrogens (primary N) is 1. The molecular formula is C14H15N3O4. The minimum absolute atomic E-state index is 0.123. The summed E-state index contributed by atoms with van der Waals surface area (Å²) in [4.78, 5) is 28.8. The van der Waals surface area contributed by atoms with Crippen molar-refractivity contribution in [2.24, 2.45) is 5.73 Å². The summed E-state index contributed by atoms with van der Waals surface area (Å²) in [6.45, 7) is 2.32. The lowest BCUT2D eigenvalue weighted by Gasteiger charge is -2.19. The Morgan fingerprint density at radius 3 is 2.90 bits per heavy atom. The number of oxazole rings is 1. The fourth-order valence-corrected chi connectivity index (χ4v) is 2.77. The van der Waals surface area contributed by atoms with Gasteiger partial charge < -0.3 is 20.2 Å². The predicted molar refractivity (Wildman–Crippen MR) is 75.3 cm³/mol. The molecule has 3 rings (SSSR count). The maximum Gasteiger partial charge on any atom is 0.338 e. The summed E-state index contributed by atoms with van der Waals surface area (Å²) in [5, 5.41) is 9.31. The van der Waals surface area contributed by atoms with E-state index in [0.717, 1.165) is 6.42 Å². The number of aryl methyl sites for hydroxylation is 1. The van der Waals surface area contributed by atoms with E-state index in [-0.39, 0.29) is 11.6 Å². The van der Waals surface area contributed by atoms with Gasteiger partial charge in [0.2, 0.25) is 5.91 Å². The van der Waals surface area contributed by atoms with Gasteiger partial charge in [-0.1, -0.05) is 6.07 Å². The van der Waals surface area contributed by atoms with Crippen LogP contribution < -0.4 is 10.6 Å². The van der Waals surface area contributed by atoms with Crippen LogP contribution in [0, 0.1) is 6.92 Å². The lowest BCUT2D eigenvalue weighted by atomic mass is 10.1. The minimum Gasteiger partial charge on any atom is -0.478 e. The Kier molecular flexibility index (Phi) is 3.04. The van der Waals surface area contributed by atoms with E-state index in [1.165, 1.54) is 0 Å². The van der Waals surface area contributed by atoms with Gasteiger partial charge in [0.05, 0.1) is 5.56 Å². The van der Waals surface area contributed by atoms with Crippen LogP contribution in [0.25, 0.3) is 11.1 Å². The SMILES string of the molecule is Cc1ccc2oc(N3CCCC3C(N)=O)nc2c1C(=O)O. The third-order valence-corrected chi connectivity index (χ3v) is 3.80. The van der Waals surface area contributed by atoms with Crippen LogP contribution in [-0.2, 0) is 4.79 Å². The van der Waals surface area contributed by atoms with Gasteiger partial charge >= 0.3 is 5.97 Å². The van der Waals surface area contributed by atoms with Gasteiger partial charge in [0.15, 0.2) is 5.58 Å². The molecule has 1 unspecified atom stereocenters. The first-order chi connectivity index (χ1) is 9.99. The number of rotatable bonds is 3. The fraction of sp³-hybridized carbons (Fsp3) is 0.357. The molecule has 1 saturated heterocycles. The van der Waals surface area contributed by atoms with Crippen molar-refractivity contribution in [2.75, 3.05) is 11.4 Å². The normalized spacial score (nSPS) is 18.3. The van der Waals surface area contributed by atoms with E-state index in [0.29, 0.717) is 29.6 Å². The number of benzene rings is 1. The number of carbonyl (C=O) groups is 2. The topological polar surface area (TPSA) is 110 Å². The average molecular weight is 289 g/mol. The van der Waals surface area contributed by atoms with Crippen LogP contribution in [0.1, 0.15) is 28.8 Å². The zero-order chi connectivity index (χ0) is 15.1. The summed E-state index contributed by atoms with van der Waals surface area (Å²) < 4.78 is 5.62. The molecule has 0 bridgehead atoms. The van der Waals surface area contributed by atoms with Gasteiger partial charge in [0.1, 0.15) is 11.6 Å². The van der Waals surface area contributed by atoms with Gasteiger partial charge in [-0.3, -0.25) is 4.79 Å². The lowest BCUT2D eigenvalue weighted by Crippen LogP contribution is -2.40. The Morgan fingerprint density at radius 1 is 1.48 bits per heavy atom. The second-order valence-electron chi connectivity index (χ2n) is 5.16. The summed E-state index contributed by atoms with van der Waals surface area (Å²) in [6, 6.07) is 3.16. The van der Waals surface area contributed by atoms with Crippen LogP contribution in [0.5, 0.6) is 0 Å². The summed E-state index contributed by atoms with van der Waals surface area (Å²) in [5.41, 5.74) is 6.80. The van der Waals surface area contributed by atoms with Gasteiger partial charge in [-0.2, -0.15) is 4.98 Å². The highest BCUT2D eigenvalue weighted by atomic mass is 16.4. The van der Waals surface area contributed by atoms with Crippen molar-refractivity contribution < 1.29 is 19.1 Å². The molecule has 1 aromatic heterocycles. The maximum atomic E-state index is 11.4. The molecular weight excluding hydrogens is 274 g/mol. The number of fused-ring (bicyclic) bond motifs is 1. The summed E-state index contributed by atoms with van der Waals surface area (Å²) in [7, 11) is 0. The van der Waals surface area contributed by atoms with Gasteiger partial charge in [-0.15, -0.1) is 0 Å². The van der Waals surface area contributed by atoms with Crippen molar-refractivity contribution in [1.29, 1.82) is 0 Å². The number of primary amides is 1. The van der Waals surface area contributed by atoms with E-state index in [9.17, 15) is 14.7 Å². The highest BCUT2D eigenvalue weighted by Gasteiger charge is 2.32. The lowest BCUT2D eigenvalue weighted by molar-refractivity contribution is -0.119. The molecule has 1 fully saturated rings. The molecule has 21 heavy (non-hydrogen) atoms. The average Bonchev–Trinajstić information content (AvgIpc) is 3.03. The van der Waals surface area contributed by atoms with E-state index in [4.69, 9.17) is 10.2 Å². The van der Waals surface area contributed by atoms with Crippen LogP contribution in [0.15, 0.2) is 16.5 Å². The molecule has 0 saturated carbocycles. The zero-order valence-corrected chi connectivity index (χ0v) is 11.5. The molecule has 1 aromatic carbocycles. The predicted octanol–water partition coefficient (Wildman–Crippen LogP) is 1.29. The molecule has 7 nitrogen and oxygen atoms in total. The highest BCUT2D eigenvalue weighted by molar-refractivity contribution is 6.02. The molecule has 2 aromatic rings. The number of carbonyl (C=O) groups excluding carboxylic acids is 1. The number of amides is 1. The Hall–Kier alpha value is -2.57. The third-order valence-electron chi connectivity index (χ3n) is 3.80. The zero-order valence-electron chi connectivity index (χ0n) is 11.5. The first-order valence-corrected chi connectivity index (χ1v) is 6.68. The number of carboxylic acids is 1. The number of anilines is 1. The van der Waals surface area contributed by atoms with Crippen LogP contribution >= 0.6 is 0 Å². The number of aromatic nitrogens is 1. The standard InChI is InChI=1S/C14H15N3O4/c1-7-4-5-9-11(10(7)13(19)20)16-14(21-9)17-6-2-3-8(17)12(15)18/h4-5,8H,2-3,6H2,1H3,(H2,15,18)(H,19,20). The molecule has 1 aliphatic heterocycles. The monoisotopic (exact) mass is 289 g/mol. The Labute approximate surface area is 120 Å². The van der Waals surface area contributed by atoms with E-state index in [1.54, 1.807) is 24.0 Å². The number of aromatic carboxylic acids is 1. The van der Waals surface area contributed by atoms with E-state index in [1.807, 2.05) is 0 Å². The highest BCUT2D eigenvalue weighted by Crippen LogP contribution is 2.30. The molecule has 1 aliphatic rings. The molecule has 2 heterocycles. The van der Waals surface area contributed by atoms with Crippen molar-refractivity contribution in [3.8, 4) is 0 Å². The maximum absolute atomic E-state index is 11.4. The molecule has 0 aliphatic carbocycles. The summed E-state index contributed by atoms with van der Waals surface area (Å²) in [6.07, 6.45) is 1.47. The second kappa shape index (κ2) is 4.76. The number of nitrogens with zero attached hydrogens (tertiary/aromatic N) is 2. The first kappa shape index (κ1) is 13.4. The van der Waals surface area contributed by atoms with E-state index >= 15 is 0 Å². The Morgan fingerprint density at radius 2 is 2.24 bits per heavy atom. The molecule has 0 spiro atoms. The molecule has 110 valence electrons. The molecule has 1 atom stereocenters. The van der Waals surface area contributed by atoms with Crippen molar-refractivity contribution >= 4 is 29.0 Å². The number of hydrogen-bond donors (Lipinski definition) is 2. The fourth-order valence-electron chi connectivity index (χ4n) is 2.77. The number of hydrogen-bond acceptors (Lipinski definition) is 5. The molecule has 7 heteroatoms. The Bertz CT molecular complexity index is 737. The van der Waals surface area contributed by atoms with E-state index < -0.39 is 17.9 Å².